The molecule has 0 atom stereocenters. The lowest BCUT2D eigenvalue weighted by atomic mass is 10.1. The Labute approximate surface area is 112 Å². The number of para-hydroxylation sites is 1. The van der Waals surface area contributed by atoms with Crippen molar-refractivity contribution in [1.29, 1.82) is 0 Å². The van der Waals surface area contributed by atoms with E-state index in [1.54, 1.807) is 18.2 Å². The van der Waals surface area contributed by atoms with Gasteiger partial charge in [0.25, 0.3) is 0 Å². The molecule has 0 N–H and O–H groups in total. The number of benzene rings is 1. The number of methoxy groups -OCH3 is 2. The molecule has 2 rings (SSSR count). The summed E-state index contributed by atoms with van der Waals surface area (Å²) in [4.78, 5) is 7.66. The maximum atomic E-state index is 14.0. The zero-order valence-corrected chi connectivity index (χ0v) is 11.4. The van der Waals surface area contributed by atoms with Crippen LogP contribution >= 0.6 is 15.9 Å². The second kappa shape index (κ2) is 5.30. The topological polar surface area (TPSA) is 44.2 Å². The van der Waals surface area contributed by atoms with E-state index in [0.29, 0.717) is 17.1 Å². The molecule has 2 aromatic rings. The SMILES string of the molecule is COc1cccc(-c2ncnc(Br)c2F)c1OC. The van der Waals surface area contributed by atoms with Crippen molar-refractivity contribution in [3.8, 4) is 22.8 Å². The van der Waals surface area contributed by atoms with Crippen molar-refractivity contribution >= 4 is 15.9 Å². The van der Waals surface area contributed by atoms with Gasteiger partial charge in [-0.2, -0.15) is 0 Å². The van der Waals surface area contributed by atoms with Crippen LogP contribution in [0.15, 0.2) is 29.1 Å². The first-order chi connectivity index (χ1) is 8.69. The van der Waals surface area contributed by atoms with E-state index in [0.717, 1.165) is 0 Å². The maximum Gasteiger partial charge on any atom is 0.182 e. The van der Waals surface area contributed by atoms with Crippen LogP contribution in [0, 0.1) is 5.82 Å². The van der Waals surface area contributed by atoms with Crippen molar-refractivity contribution in [3.05, 3.63) is 34.9 Å². The second-order valence-corrected chi connectivity index (χ2v) is 4.12. The van der Waals surface area contributed by atoms with Crippen molar-refractivity contribution in [2.75, 3.05) is 14.2 Å². The molecule has 0 saturated heterocycles. The third kappa shape index (κ3) is 2.15. The van der Waals surface area contributed by atoms with Gasteiger partial charge in [-0.1, -0.05) is 6.07 Å². The summed E-state index contributed by atoms with van der Waals surface area (Å²) in [6.07, 6.45) is 1.28. The number of aromatic nitrogens is 2. The van der Waals surface area contributed by atoms with Gasteiger partial charge in [0.05, 0.1) is 14.2 Å². The number of hydrogen-bond donors (Lipinski definition) is 0. The van der Waals surface area contributed by atoms with Crippen LogP contribution in [-0.2, 0) is 0 Å². The molecule has 0 fully saturated rings. The fourth-order valence-corrected chi connectivity index (χ4v) is 1.89. The molecule has 0 aliphatic carbocycles. The van der Waals surface area contributed by atoms with E-state index >= 15 is 0 Å². The molecule has 94 valence electrons. The zero-order valence-electron chi connectivity index (χ0n) is 9.78. The Morgan fingerprint density at radius 1 is 1.17 bits per heavy atom. The monoisotopic (exact) mass is 312 g/mol. The van der Waals surface area contributed by atoms with Crippen LogP contribution in [0.3, 0.4) is 0 Å². The molecule has 4 nitrogen and oxygen atoms in total. The van der Waals surface area contributed by atoms with Crippen LogP contribution in [0.2, 0.25) is 0 Å². The minimum Gasteiger partial charge on any atom is -0.493 e. The standard InChI is InChI=1S/C12H10BrFN2O2/c1-17-8-5-3-4-7(11(8)18-2)10-9(14)12(13)16-6-15-10/h3-6H,1-2H3. The molecule has 0 aliphatic heterocycles. The van der Waals surface area contributed by atoms with Crippen LogP contribution in [0.1, 0.15) is 0 Å². The molecule has 0 amide bonds. The second-order valence-electron chi connectivity index (χ2n) is 3.37. The Balaban J connectivity index is 2.67. The summed E-state index contributed by atoms with van der Waals surface area (Å²) in [5.74, 6) is 0.415. The minimum absolute atomic E-state index is 0.109. The van der Waals surface area contributed by atoms with E-state index in [2.05, 4.69) is 25.9 Å². The van der Waals surface area contributed by atoms with Gasteiger partial charge < -0.3 is 9.47 Å². The first-order valence-electron chi connectivity index (χ1n) is 5.06. The normalized spacial score (nSPS) is 10.2. The fourth-order valence-electron chi connectivity index (χ4n) is 1.61. The molecule has 0 unspecified atom stereocenters. The quantitative estimate of drug-likeness (QED) is 0.817. The number of rotatable bonds is 3. The highest BCUT2D eigenvalue weighted by molar-refractivity contribution is 9.10. The summed E-state index contributed by atoms with van der Waals surface area (Å²) >= 11 is 3.03. The summed E-state index contributed by atoms with van der Waals surface area (Å²) in [5, 5.41) is 0. The van der Waals surface area contributed by atoms with Crippen molar-refractivity contribution in [1.82, 2.24) is 9.97 Å². The third-order valence-electron chi connectivity index (χ3n) is 2.41. The molecular weight excluding hydrogens is 303 g/mol. The van der Waals surface area contributed by atoms with E-state index < -0.39 is 5.82 Å². The highest BCUT2D eigenvalue weighted by Gasteiger charge is 2.17. The Bertz CT molecular complexity index is 578. The molecule has 1 aromatic heterocycles. The van der Waals surface area contributed by atoms with E-state index in [1.807, 2.05) is 0 Å². The lowest BCUT2D eigenvalue weighted by Gasteiger charge is -2.12. The van der Waals surface area contributed by atoms with Gasteiger partial charge in [-0.05, 0) is 28.1 Å². The Hall–Kier alpha value is -1.69. The minimum atomic E-state index is -0.538. The van der Waals surface area contributed by atoms with Crippen LogP contribution < -0.4 is 9.47 Å². The fraction of sp³-hybridized carbons (Fsp3) is 0.167. The van der Waals surface area contributed by atoms with Crippen molar-refractivity contribution in [2.45, 2.75) is 0 Å². The largest absolute Gasteiger partial charge is 0.493 e. The average molecular weight is 313 g/mol. The third-order valence-corrected chi connectivity index (χ3v) is 2.96. The molecule has 0 aliphatic rings. The lowest BCUT2D eigenvalue weighted by molar-refractivity contribution is 0.356. The molecule has 0 radical (unpaired) electrons. The molecule has 18 heavy (non-hydrogen) atoms. The molecule has 0 spiro atoms. The van der Waals surface area contributed by atoms with E-state index in [4.69, 9.17) is 9.47 Å². The van der Waals surface area contributed by atoms with Crippen LogP contribution in [0.25, 0.3) is 11.3 Å². The first kappa shape index (κ1) is 12.8. The lowest BCUT2D eigenvalue weighted by Crippen LogP contribution is -1.97. The highest BCUT2D eigenvalue weighted by Crippen LogP contribution is 2.38. The van der Waals surface area contributed by atoms with E-state index in [-0.39, 0.29) is 10.3 Å². The first-order valence-corrected chi connectivity index (χ1v) is 5.85. The van der Waals surface area contributed by atoms with Crippen LogP contribution in [0.4, 0.5) is 4.39 Å². The predicted octanol–water partition coefficient (Wildman–Crippen LogP) is 3.06. The Morgan fingerprint density at radius 3 is 2.61 bits per heavy atom. The van der Waals surface area contributed by atoms with Gasteiger partial charge in [0.2, 0.25) is 0 Å². The maximum absolute atomic E-state index is 14.0. The number of halogens is 2. The zero-order chi connectivity index (χ0) is 13.1. The smallest absolute Gasteiger partial charge is 0.182 e. The number of ether oxygens (including phenoxy) is 2. The van der Waals surface area contributed by atoms with Crippen LogP contribution in [0.5, 0.6) is 11.5 Å². The van der Waals surface area contributed by atoms with Gasteiger partial charge in [0, 0.05) is 5.56 Å². The Morgan fingerprint density at radius 2 is 1.94 bits per heavy atom. The molecular formula is C12H10BrFN2O2. The summed E-state index contributed by atoms with van der Waals surface area (Å²) in [5.41, 5.74) is 0.671. The number of nitrogens with zero attached hydrogens (tertiary/aromatic N) is 2. The van der Waals surface area contributed by atoms with Crippen molar-refractivity contribution in [2.24, 2.45) is 0 Å². The summed E-state index contributed by atoms with van der Waals surface area (Å²) in [7, 11) is 3.02. The summed E-state index contributed by atoms with van der Waals surface area (Å²) < 4.78 is 24.5. The van der Waals surface area contributed by atoms with Gasteiger partial charge in [-0.25, -0.2) is 14.4 Å². The Kier molecular flexibility index (Phi) is 3.76. The van der Waals surface area contributed by atoms with Crippen molar-refractivity contribution < 1.29 is 13.9 Å². The van der Waals surface area contributed by atoms with Gasteiger partial charge in [0.1, 0.15) is 16.6 Å². The summed E-state index contributed by atoms with van der Waals surface area (Å²) in [6, 6.07) is 5.18. The average Bonchev–Trinajstić information content (AvgIpc) is 2.41. The molecule has 6 heteroatoms. The molecule has 1 heterocycles. The number of hydrogen-bond acceptors (Lipinski definition) is 4. The molecule has 0 saturated carbocycles. The van der Waals surface area contributed by atoms with E-state index in [1.165, 1.54) is 20.5 Å². The molecule has 0 bridgehead atoms. The molecule has 1 aromatic carbocycles. The van der Waals surface area contributed by atoms with Gasteiger partial charge in [-0.15, -0.1) is 0 Å². The summed E-state index contributed by atoms with van der Waals surface area (Å²) in [6.45, 7) is 0. The van der Waals surface area contributed by atoms with Gasteiger partial charge in [0.15, 0.2) is 17.3 Å². The van der Waals surface area contributed by atoms with Crippen LogP contribution in [-0.4, -0.2) is 24.2 Å². The van der Waals surface area contributed by atoms with Gasteiger partial charge >= 0.3 is 0 Å². The predicted molar refractivity (Wildman–Crippen MR) is 68.2 cm³/mol. The van der Waals surface area contributed by atoms with Gasteiger partial charge in [-0.3, -0.25) is 0 Å². The van der Waals surface area contributed by atoms with E-state index in [9.17, 15) is 4.39 Å². The van der Waals surface area contributed by atoms with Crippen molar-refractivity contribution in [3.63, 3.8) is 0 Å². The highest BCUT2D eigenvalue weighted by atomic mass is 79.9.